The van der Waals surface area contributed by atoms with Gasteiger partial charge in [-0.2, -0.15) is 0 Å². The van der Waals surface area contributed by atoms with E-state index in [0.29, 0.717) is 16.9 Å². The molecule has 0 aliphatic heterocycles. The van der Waals surface area contributed by atoms with Gasteiger partial charge in [0, 0.05) is 16.5 Å². The first kappa shape index (κ1) is 14.1. The number of hydrogen-bond acceptors (Lipinski definition) is 2. The van der Waals surface area contributed by atoms with Crippen LogP contribution in [0.2, 0.25) is 0 Å². The molecule has 0 aliphatic rings. The van der Waals surface area contributed by atoms with Gasteiger partial charge in [0.15, 0.2) is 0 Å². The number of rotatable bonds is 4. The Morgan fingerprint density at radius 2 is 1.82 bits per heavy atom. The summed E-state index contributed by atoms with van der Waals surface area (Å²) in [6.07, 6.45) is 0. The fraction of sp³-hybridized carbons (Fsp3) is 0.0556. The molecule has 0 bridgehead atoms. The highest BCUT2D eigenvalue weighted by atomic mass is 19.1. The highest BCUT2D eigenvalue weighted by Crippen LogP contribution is 2.26. The molecule has 0 aromatic heterocycles. The summed E-state index contributed by atoms with van der Waals surface area (Å²) in [5.74, 6) is 0.140. The van der Waals surface area contributed by atoms with E-state index in [-0.39, 0.29) is 12.4 Å². The molecule has 4 heteroatoms. The molecule has 0 amide bonds. The minimum Gasteiger partial charge on any atom is -0.488 e. The van der Waals surface area contributed by atoms with E-state index in [0.717, 1.165) is 10.8 Å². The molecule has 0 saturated carbocycles. The summed E-state index contributed by atoms with van der Waals surface area (Å²) < 4.78 is 19.8. The minimum atomic E-state index is -0.423. The zero-order chi connectivity index (χ0) is 15.5. The summed E-state index contributed by atoms with van der Waals surface area (Å²) in [6, 6.07) is 18.1. The first-order chi connectivity index (χ1) is 10.6. The number of nitrogens with two attached hydrogens (primary N) is 1. The number of nitrogen functional groups attached to an aromatic ring is 1. The fourth-order valence-corrected chi connectivity index (χ4v) is 2.31. The van der Waals surface area contributed by atoms with Gasteiger partial charge in [0.1, 0.15) is 24.0 Å². The van der Waals surface area contributed by atoms with Crippen LogP contribution in [-0.2, 0) is 6.61 Å². The summed E-state index contributed by atoms with van der Waals surface area (Å²) in [5, 5.41) is 9.38. The van der Waals surface area contributed by atoms with E-state index in [9.17, 15) is 4.39 Å². The third kappa shape index (κ3) is 2.76. The van der Waals surface area contributed by atoms with Crippen LogP contribution < -0.4 is 10.5 Å². The van der Waals surface area contributed by atoms with Crippen LogP contribution in [0.3, 0.4) is 0 Å². The maximum atomic E-state index is 14.0. The Kier molecular flexibility index (Phi) is 3.74. The number of halogens is 1. The molecular weight excluding hydrogens is 279 g/mol. The van der Waals surface area contributed by atoms with Crippen molar-refractivity contribution in [3.63, 3.8) is 0 Å². The molecule has 0 radical (unpaired) electrons. The largest absolute Gasteiger partial charge is 0.488 e. The number of hydrogen-bond donors (Lipinski definition) is 2. The summed E-state index contributed by atoms with van der Waals surface area (Å²) in [4.78, 5) is 0. The number of nitrogens with one attached hydrogen (secondary N) is 1. The van der Waals surface area contributed by atoms with Gasteiger partial charge in [0.2, 0.25) is 0 Å². The minimum absolute atomic E-state index is 0.123. The summed E-state index contributed by atoms with van der Waals surface area (Å²) in [7, 11) is 0. The van der Waals surface area contributed by atoms with Crippen LogP contribution in [0, 0.1) is 11.2 Å². The van der Waals surface area contributed by atoms with Crippen molar-refractivity contribution in [2.75, 3.05) is 0 Å². The lowest BCUT2D eigenvalue weighted by Crippen LogP contribution is -2.12. The van der Waals surface area contributed by atoms with Crippen LogP contribution >= 0.6 is 0 Å². The Morgan fingerprint density at radius 3 is 2.59 bits per heavy atom. The zero-order valence-electron chi connectivity index (χ0n) is 11.8. The number of benzene rings is 3. The monoisotopic (exact) mass is 294 g/mol. The molecule has 3 rings (SSSR count). The fourth-order valence-electron chi connectivity index (χ4n) is 2.31. The highest BCUT2D eigenvalue weighted by Gasteiger charge is 2.07. The van der Waals surface area contributed by atoms with Crippen molar-refractivity contribution < 1.29 is 9.13 Å². The van der Waals surface area contributed by atoms with Gasteiger partial charge < -0.3 is 10.5 Å². The second kappa shape index (κ2) is 5.85. The van der Waals surface area contributed by atoms with Crippen LogP contribution in [-0.4, -0.2) is 5.84 Å². The van der Waals surface area contributed by atoms with Crippen LogP contribution in [0.4, 0.5) is 4.39 Å². The third-order valence-electron chi connectivity index (χ3n) is 3.50. The SMILES string of the molecule is N=C(N)c1ccc(COc2cccc3ccccc23)c(F)c1. The molecule has 0 spiro atoms. The van der Waals surface area contributed by atoms with Crippen molar-refractivity contribution in [3.05, 3.63) is 77.6 Å². The van der Waals surface area contributed by atoms with Crippen LogP contribution in [0.1, 0.15) is 11.1 Å². The molecule has 0 heterocycles. The molecule has 0 aliphatic carbocycles. The average molecular weight is 294 g/mol. The second-order valence-electron chi connectivity index (χ2n) is 4.99. The summed E-state index contributed by atoms with van der Waals surface area (Å²) in [6.45, 7) is 0.123. The maximum absolute atomic E-state index is 14.0. The lowest BCUT2D eigenvalue weighted by molar-refractivity contribution is 0.303. The van der Waals surface area contributed by atoms with Crippen LogP contribution in [0.25, 0.3) is 10.8 Å². The van der Waals surface area contributed by atoms with E-state index < -0.39 is 5.82 Å². The molecule has 3 aromatic rings. The topological polar surface area (TPSA) is 59.1 Å². The predicted octanol–water partition coefficient (Wildman–Crippen LogP) is 3.84. The molecule has 110 valence electrons. The number of ether oxygens (including phenoxy) is 1. The third-order valence-corrected chi connectivity index (χ3v) is 3.50. The van der Waals surface area contributed by atoms with Crippen molar-refractivity contribution in [3.8, 4) is 5.75 Å². The molecule has 3 nitrogen and oxygen atoms in total. The van der Waals surface area contributed by atoms with Crippen LogP contribution in [0.15, 0.2) is 60.7 Å². The Morgan fingerprint density at radius 1 is 1.05 bits per heavy atom. The Hall–Kier alpha value is -2.88. The van der Waals surface area contributed by atoms with Crippen molar-refractivity contribution in [2.24, 2.45) is 5.73 Å². The zero-order valence-corrected chi connectivity index (χ0v) is 11.8. The normalized spacial score (nSPS) is 10.6. The molecule has 0 fully saturated rings. The highest BCUT2D eigenvalue weighted by molar-refractivity contribution is 5.94. The maximum Gasteiger partial charge on any atom is 0.130 e. The van der Waals surface area contributed by atoms with E-state index in [2.05, 4.69) is 0 Å². The van der Waals surface area contributed by atoms with Crippen molar-refractivity contribution in [1.82, 2.24) is 0 Å². The molecule has 22 heavy (non-hydrogen) atoms. The van der Waals surface area contributed by atoms with E-state index in [1.807, 2.05) is 42.5 Å². The molecule has 3 N–H and O–H groups in total. The van der Waals surface area contributed by atoms with E-state index in [4.69, 9.17) is 15.9 Å². The van der Waals surface area contributed by atoms with Crippen molar-refractivity contribution in [1.29, 1.82) is 5.41 Å². The summed E-state index contributed by atoms with van der Waals surface area (Å²) >= 11 is 0. The number of amidine groups is 1. The van der Waals surface area contributed by atoms with Gasteiger partial charge in [-0.1, -0.05) is 48.5 Å². The van der Waals surface area contributed by atoms with E-state index in [1.54, 1.807) is 12.1 Å². The van der Waals surface area contributed by atoms with Gasteiger partial charge in [-0.25, -0.2) is 4.39 Å². The Labute approximate surface area is 127 Å². The van der Waals surface area contributed by atoms with Gasteiger partial charge >= 0.3 is 0 Å². The van der Waals surface area contributed by atoms with Gasteiger partial charge in [0.05, 0.1) is 0 Å². The van der Waals surface area contributed by atoms with Gasteiger partial charge in [-0.05, 0) is 17.5 Å². The molecule has 0 saturated heterocycles. The average Bonchev–Trinajstić information content (AvgIpc) is 2.53. The lowest BCUT2D eigenvalue weighted by Gasteiger charge is -2.10. The molecule has 3 aromatic carbocycles. The van der Waals surface area contributed by atoms with Gasteiger partial charge in [-0.15, -0.1) is 0 Å². The van der Waals surface area contributed by atoms with Crippen molar-refractivity contribution >= 4 is 16.6 Å². The first-order valence-electron chi connectivity index (χ1n) is 6.88. The quantitative estimate of drug-likeness (QED) is 0.567. The van der Waals surface area contributed by atoms with Gasteiger partial charge in [0.25, 0.3) is 0 Å². The summed E-state index contributed by atoms with van der Waals surface area (Å²) in [5.41, 5.74) is 6.14. The lowest BCUT2D eigenvalue weighted by atomic mass is 10.1. The Balaban J connectivity index is 1.84. The van der Waals surface area contributed by atoms with Crippen LogP contribution in [0.5, 0.6) is 5.75 Å². The molecule has 0 unspecified atom stereocenters. The predicted molar refractivity (Wildman–Crippen MR) is 85.7 cm³/mol. The number of fused-ring (bicyclic) bond motifs is 1. The van der Waals surface area contributed by atoms with E-state index >= 15 is 0 Å². The molecular formula is C18H15FN2O. The first-order valence-corrected chi connectivity index (χ1v) is 6.88. The van der Waals surface area contributed by atoms with Crippen molar-refractivity contribution in [2.45, 2.75) is 6.61 Å². The van der Waals surface area contributed by atoms with Gasteiger partial charge in [-0.3, -0.25) is 5.41 Å². The smallest absolute Gasteiger partial charge is 0.130 e. The Bertz CT molecular complexity index is 840. The standard InChI is InChI=1S/C18H15FN2O/c19-16-10-13(18(20)21)8-9-14(16)11-22-17-7-3-5-12-4-1-2-6-15(12)17/h1-10H,11H2,(H3,20,21). The van der Waals surface area contributed by atoms with E-state index in [1.165, 1.54) is 6.07 Å². The molecule has 0 atom stereocenters. The second-order valence-corrected chi connectivity index (χ2v) is 4.99.